The largest absolute Gasteiger partial charge is 1.00 e. The van der Waals surface area contributed by atoms with Crippen LogP contribution in [0.25, 0.3) is 0 Å². The Labute approximate surface area is 122 Å². The second-order valence-corrected chi connectivity index (χ2v) is 3.85. The topological polar surface area (TPSA) is 85.0 Å². The number of amides is 1. The van der Waals surface area contributed by atoms with Crippen molar-refractivity contribution in [3.05, 3.63) is 23.1 Å². The second kappa shape index (κ2) is 6.83. The van der Waals surface area contributed by atoms with Crippen molar-refractivity contribution in [2.75, 3.05) is 13.1 Å². The van der Waals surface area contributed by atoms with Gasteiger partial charge in [0.05, 0.1) is 12.6 Å². The minimum absolute atomic E-state index is 0. The molecule has 0 aromatic heterocycles. The summed E-state index contributed by atoms with van der Waals surface area (Å²) in [5, 5.41) is 24.9. The molecule has 8 heteroatoms. The third-order valence-corrected chi connectivity index (χ3v) is 2.70. The Morgan fingerprint density at radius 1 is 1.47 bits per heavy atom. The van der Waals surface area contributed by atoms with Gasteiger partial charge in [0.1, 0.15) is 6.04 Å². The number of carbonyl (C=O) groups is 1. The Kier molecular flexibility index (Phi) is 6.51. The van der Waals surface area contributed by atoms with Crippen molar-refractivity contribution in [1.29, 1.82) is 0 Å². The Balaban J connectivity index is 0.00000256. The minimum Gasteiger partial charge on any atom is -0.737 e. The summed E-state index contributed by atoms with van der Waals surface area (Å²) >= 11 is 0. The van der Waals surface area contributed by atoms with Crippen molar-refractivity contribution >= 4 is 5.91 Å². The predicted octanol–water partition coefficient (Wildman–Crippen LogP) is -2.53. The van der Waals surface area contributed by atoms with E-state index < -0.39 is 0 Å². The Morgan fingerprint density at radius 2 is 2.06 bits per heavy atom. The van der Waals surface area contributed by atoms with Crippen LogP contribution in [0.5, 0.6) is 0 Å². The van der Waals surface area contributed by atoms with Crippen molar-refractivity contribution < 1.29 is 39.3 Å². The fourth-order valence-electron chi connectivity index (χ4n) is 1.82. The summed E-state index contributed by atoms with van der Waals surface area (Å²) in [6.45, 7) is 7.64. The zero-order valence-corrected chi connectivity index (χ0v) is 12.4. The summed E-state index contributed by atoms with van der Waals surface area (Å²) in [4.78, 5) is 13.1. The molecule has 0 aromatic carbocycles. The summed E-state index contributed by atoms with van der Waals surface area (Å²) in [5.41, 5.74) is 0. The number of nitrogens with zero attached hydrogens (tertiary/aromatic N) is 4. The Bertz CT molecular complexity index is 309. The quantitative estimate of drug-likeness (QED) is 0.178. The van der Waals surface area contributed by atoms with Gasteiger partial charge in [0.25, 0.3) is 0 Å². The normalized spacial score (nSPS) is 25.2. The molecule has 0 radical (unpaired) electrons. The maximum Gasteiger partial charge on any atom is 1.00 e. The molecule has 1 aliphatic rings. The molecule has 7 nitrogen and oxygen atoms in total. The third kappa shape index (κ3) is 3.58. The van der Waals surface area contributed by atoms with E-state index in [9.17, 15) is 15.2 Å². The number of carbonyl (C=O) groups excluding carboxylic acids is 1. The Morgan fingerprint density at radius 3 is 2.53 bits per heavy atom. The van der Waals surface area contributed by atoms with E-state index >= 15 is 0 Å². The molecule has 1 amide bonds. The average molecular weight is 250 g/mol. The van der Waals surface area contributed by atoms with E-state index in [1.165, 1.54) is 11.1 Å². The minimum atomic E-state index is -0.240. The zero-order chi connectivity index (χ0) is 12.3. The van der Waals surface area contributed by atoms with Crippen molar-refractivity contribution in [1.82, 2.24) is 9.91 Å². The van der Waals surface area contributed by atoms with Crippen LogP contribution in [-0.4, -0.2) is 46.0 Å². The molecule has 1 rings (SSSR count). The molecule has 0 N–H and O–H groups in total. The van der Waals surface area contributed by atoms with Gasteiger partial charge in [-0.1, -0.05) is 6.58 Å². The van der Waals surface area contributed by atoms with E-state index in [1.54, 1.807) is 18.7 Å². The van der Waals surface area contributed by atoms with E-state index in [0.29, 0.717) is 6.54 Å². The molecule has 17 heavy (non-hydrogen) atoms. The molecule has 0 aliphatic carbocycles. The van der Waals surface area contributed by atoms with Gasteiger partial charge in [-0.2, -0.15) is 0 Å². The van der Waals surface area contributed by atoms with Crippen LogP contribution in [0.2, 0.25) is 0 Å². The molecule has 0 aromatic rings. The second-order valence-electron chi connectivity index (χ2n) is 3.85. The number of rotatable bonds is 2. The van der Waals surface area contributed by atoms with Crippen molar-refractivity contribution in [3.63, 3.8) is 0 Å². The van der Waals surface area contributed by atoms with Crippen molar-refractivity contribution in [2.24, 2.45) is 5.28 Å². The molecule has 2 atom stereocenters. The SMILES string of the molecule is C=CC(=O)N1CC(C)N([N+]([O-])=N[O-])CC1C.[Na+]. The summed E-state index contributed by atoms with van der Waals surface area (Å²) in [7, 11) is 0. The van der Waals surface area contributed by atoms with Crippen LogP contribution in [0, 0.1) is 10.4 Å². The first-order valence-electron chi connectivity index (χ1n) is 5.01. The van der Waals surface area contributed by atoms with E-state index in [2.05, 4.69) is 11.9 Å². The van der Waals surface area contributed by atoms with Crippen LogP contribution in [0.4, 0.5) is 0 Å². The molecule has 1 saturated heterocycles. The van der Waals surface area contributed by atoms with Crippen LogP contribution in [0.1, 0.15) is 13.8 Å². The summed E-state index contributed by atoms with van der Waals surface area (Å²) < 4.78 is 0. The first-order valence-corrected chi connectivity index (χ1v) is 5.01. The van der Waals surface area contributed by atoms with Gasteiger partial charge < -0.3 is 15.3 Å². The number of hydrogen-bond donors (Lipinski definition) is 0. The van der Waals surface area contributed by atoms with Crippen molar-refractivity contribution in [3.8, 4) is 0 Å². The van der Waals surface area contributed by atoms with E-state index in [1.807, 2.05) is 0 Å². The maximum atomic E-state index is 11.5. The molecule has 0 spiro atoms. The fraction of sp³-hybridized carbons (Fsp3) is 0.667. The summed E-state index contributed by atoms with van der Waals surface area (Å²) in [6.07, 6.45) is 1.24. The summed E-state index contributed by atoms with van der Waals surface area (Å²) in [6, 6.07) is -0.393. The molecule has 2 unspecified atom stereocenters. The van der Waals surface area contributed by atoms with Gasteiger partial charge >= 0.3 is 29.6 Å². The smallest absolute Gasteiger partial charge is 0.737 e. The Hall–Kier alpha value is -0.790. The van der Waals surface area contributed by atoms with Crippen LogP contribution in [-0.2, 0) is 4.79 Å². The van der Waals surface area contributed by atoms with Gasteiger partial charge in [-0.3, -0.25) is 4.79 Å². The first kappa shape index (κ1) is 16.2. The van der Waals surface area contributed by atoms with Gasteiger partial charge in [0.15, 0.2) is 0 Å². The maximum absolute atomic E-state index is 11.5. The van der Waals surface area contributed by atoms with Gasteiger partial charge in [-0.15, -0.1) is 5.01 Å². The van der Waals surface area contributed by atoms with Gasteiger partial charge in [-0.25, -0.2) is 0 Å². The number of hydrogen-bond acceptors (Lipinski definition) is 4. The van der Waals surface area contributed by atoms with Crippen LogP contribution in [0.15, 0.2) is 17.9 Å². The van der Waals surface area contributed by atoms with Gasteiger partial charge in [-0.05, 0) is 25.2 Å². The fourth-order valence-corrected chi connectivity index (χ4v) is 1.82. The zero-order valence-electron chi connectivity index (χ0n) is 10.4. The molecular weight excluding hydrogens is 235 g/mol. The van der Waals surface area contributed by atoms with Crippen LogP contribution >= 0.6 is 0 Å². The summed E-state index contributed by atoms with van der Waals surface area (Å²) in [5.74, 6) is -0.171. The van der Waals surface area contributed by atoms with E-state index in [0.717, 1.165) is 0 Å². The van der Waals surface area contributed by atoms with Crippen LogP contribution in [0.3, 0.4) is 0 Å². The molecule has 1 heterocycles. The van der Waals surface area contributed by atoms with E-state index in [4.69, 9.17) is 0 Å². The number of piperazine rings is 1. The van der Waals surface area contributed by atoms with E-state index in [-0.39, 0.29) is 59.1 Å². The predicted molar refractivity (Wildman–Crippen MR) is 57.0 cm³/mol. The third-order valence-electron chi connectivity index (χ3n) is 2.70. The average Bonchev–Trinajstić information content (AvgIpc) is 2.29. The standard InChI is InChI=1S/C9H16N4O3.Na/c1-4-9(14)11-5-8(3)12(6-7(11)2)13(16)10-15;/h4,7-8,15H,1,5-6H2,2-3H3;/q;+1/p-1. The molecule has 0 bridgehead atoms. The van der Waals surface area contributed by atoms with Crippen molar-refractivity contribution in [2.45, 2.75) is 25.9 Å². The van der Waals surface area contributed by atoms with Crippen LogP contribution < -0.4 is 29.6 Å². The van der Waals surface area contributed by atoms with Gasteiger partial charge in [0.2, 0.25) is 5.91 Å². The molecule has 1 fully saturated rings. The monoisotopic (exact) mass is 250 g/mol. The molecule has 0 saturated carbocycles. The molecule has 90 valence electrons. The first-order chi connectivity index (χ1) is 7.51. The molecule has 1 aliphatic heterocycles. The molecular formula is C9H15N4NaO3. The van der Waals surface area contributed by atoms with Gasteiger partial charge in [0, 0.05) is 11.5 Å². The number of hydrazine groups is 1.